The number of ether oxygens (including phenoxy) is 2. The molecular weight excluding hydrogens is 268 g/mol. The third kappa shape index (κ3) is 3.92. The van der Waals surface area contributed by atoms with E-state index in [-0.39, 0.29) is 5.97 Å². The summed E-state index contributed by atoms with van der Waals surface area (Å²) in [6, 6.07) is -0.548. The third-order valence-electron chi connectivity index (χ3n) is 2.33. The van der Waals surface area contributed by atoms with E-state index in [1.807, 2.05) is 0 Å². The molecule has 0 aliphatic rings. The van der Waals surface area contributed by atoms with Crippen LogP contribution in [0.1, 0.15) is 36.8 Å². The fraction of sp³-hybridized carbons (Fsp3) is 0.583. The van der Waals surface area contributed by atoms with Gasteiger partial charge in [0.1, 0.15) is 16.6 Å². The fourth-order valence-electron chi connectivity index (χ4n) is 1.43. The zero-order valence-corrected chi connectivity index (χ0v) is 12.3. The Kier molecular flexibility index (Phi) is 5.75. The van der Waals surface area contributed by atoms with Crippen LogP contribution in [0.5, 0.6) is 0 Å². The summed E-state index contributed by atoms with van der Waals surface area (Å²) in [5.74, 6) is -0.810. The lowest BCUT2D eigenvalue weighted by atomic mass is 10.2. The molecule has 1 aromatic rings. The molecule has 0 aliphatic carbocycles. The van der Waals surface area contributed by atoms with Crippen molar-refractivity contribution in [2.75, 3.05) is 18.5 Å². The van der Waals surface area contributed by atoms with Crippen LogP contribution in [-0.4, -0.2) is 35.6 Å². The summed E-state index contributed by atoms with van der Waals surface area (Å²) in [6.45, 7) is 7.48. The molecule has 19 heavy (non-hydrogen) atoms. The Labute approximate surface area is 116 Å². The summed E-state index contributed by atoms with van der Waals surface area (Å²) in [6.07, 6.45) is 0. The van der Waals surface area contributed by atoms with Gasteiger partial charge in [-0.3, -0.25) is 0 Å². The molecule has 0 saturated carbocycles. The van der Waals surface area contributed by atoms with Crippen LogP contribution in [0.3, 0.4) is 0 Å². The van der Waals surface area contributed by atoms with Crippen molar-refractivity contribution in [2.24, 2.45) is 0 Å². The molecule has 1 N–H and O–H groups in total. The van der Waals surface area contributed by atoms with Crippen LogP contribution in [0, 0.1) is 6.92 Å². The van der Waals surface area contributed by atoms with Gasteiger partial charge in [0.05, 0.1) is 18.9 Å². The van der Waals surface area contributed by atoms with E-state index < -0.39 is 12.0 Å². The lowest BCUT2D eigenvalue weighted by Gasteiger charge is -2.13. The minimum atomic E-state index is -0.548. The Morgan fingerprint density at radius 2 is 1.95 bits per heavy atom. The number of esters is 2. The first-order chi connectivity index (χ1) is 9.01. The van der Waals surface area contributed by atoms with Crippen LogP contribution in [0.25, 0.3) is 0 Å². The Morgan fingerprint density at radius 3 is 2.53 bits per heavy atom. The van der Waals surface area contributed by atoms with Gasteiger partial charge in [-0.1, -0.05) is 0 Å². The maximum atomic E-state index is 11.8. The molecule has 0 fully saturated rings. The van der Waals surface area contributed by atoms with Gasteiger partial charge in [-0.2, -0.15) is 4.37 Å². The molecule has 0 spiro atoms. The summed E-state index contributed by atoms with van der Waals surface area (Å²) in [5.41, 5.74) is 0.963. The molecule has 0 aliphatic heterocycles. The van der Waals surface area contributed by atoms with Crippen LogP contribution in [0.4, 0.5) is 5.00 Å². The van der Waals surface area contributed by atoms with Gasteiger partial charge in [0.2, 0.25) is 0 Å². The van der Waals surface area contributed by atoms with Crippen molar-refractivity contribution in [1.82, 2.24) is 4.37 Å². The monoisotopic (exact) mass is 286 g/mol. The number of anilines is 1. The number of aromatic nitrogens is 1. The van der Waals surface area contributed by atoms with Gasteiger partial charge in [0.15, 0.2) is 0 Å². The molecule has 0 aromatic carbocycles. The second-order valence-electron chi connectivity index (χ2n) is 3.81. The van der Waals surface area contributed by atoms with Crippen molar-refractivity contribution >= 4 is 28.5 Å². The molecular formula is C12H18N2O4S. The summed E-state index contributed by atoms with van der Waals surface area (Å²) in [7, 11) is 0. The quantitative estimate of drug-likeness (QED) is 0.806. The molecule has 1 rings (SSSR count). The number of aryl methyl sites for hydroxylation is 1. The van der Waals surface area contributed by atoms with E-state index in [4.69, 9.17) is 9.47 Å². The summed E-state index contributed by atoms with van der Waals surface area (Å²) in [4.78, 5) is 23.4. The molecule has 1 atom stereocenters. The zero-order valence-electron chi connectivity index (χ0n) is 11.5. The van der Waals surface area contributed by atoms with Gasteiger partial charge in [-0.15, -0.1) is 0 Å². The molecule has 7 heteroatoms. The molecule has 0 bridgehead atoms. The SMILES string of the molecule is CCOC(=O)c1c(C)nsc1NC(C)C(=O)OCC. The van der Waals surface area contributed by atoms with Crippen LogP contribution < -0.4 is 5.32 Å². The average Bonchev–Trinajstić information content (AvgIpc) is 2.71. The largest absolute Gasteiger partial charge is 0.464 e. The second-order valence-corrected chi connectivity index (χ2v) is 4.58. The summed E-state index contributed by atoms with van der Waals surface area (Å²) < 4.78 is 14.0. The number of carbonyl (C=O) groups is 2. The zero-order chi connectivity index (χ0) is 14.4. The Balaban J connectivity index is 2.84. The van der Waals surface area contributed by atoms with Gasteiger partial charge in [0.25, 0.3) is 0 Å². The maximum absolute atomic E-state index is 11.8. The first-order valence-electron chi connectivity index (χ1n) is 6.07. The van der Waals surface area contributed by atoms with Gasteiger partial charge >= 0.3 is 11.9 Å². The Hall–Kier alpha value is -1.63. The van der Waals surface area contributed by atoms with Crippen molar-refractivity contribution in [1.29, 1.82) is 0 Å². The normalized spacial score (nSPS) is 11.8. The third-order valence-corrected chi connectivity index (χ3v) is 3.20. The molecule has 6 nitrogen and oxygen atoms in total. The highest BCUT2D eigenvalue weighted by atomic mass is 32.1. The number of nitrogens with zero attached hydrogens (tertiary/aromatic N) is 1. The van der Waals surface area contributed by atoms with E-state index in [1.54, 1.807) is 27.7 Å². The van der Waals surface area contributed by atoms with E-state index in [0.717, 1.165) is 11.5 Å². The first kappa shape index (κ1) is 15.4. The van der Waals surface area contributed by atoms with E-state index in [1.165, 1.54) is 0 Å². The van der Waals surface area contributed by atoms with E-state index in [0.29, 0.717) is 29.5 Å². The van der Waals surface area contributed by atoms with Crippen LogP contribution in [-0.2, 0) is 14.3 Å². The van der Waals surface area contributed by atoms with E-state index in [2.05, 4.69) is 9.69 Å². The van der Waals surface area contributed by atoms with Gasteiger partial charge in [0, 0.05) is 0 Å². The molecule has 106 valence electrons. The minimum absolute atomic E-state index is 0.293. The van der Waals surface area contributed by atoms with E-state index >= 15 is 0 Å². The van der Waals surface area contributed by atoms with Crippen molar-refractivity contribution < 1.29 is 19.1 Å². The smallest absolute Gasteiger partial charge is 0.343 e. The Morgan fingerprint density at radius 1 is 1.32 bits per heavy atom. The molecule has 1 heterocycles. The van der Waals surface area contributed by atoms with Crippen LogP contribution in [0.2, 0.25) is 0 Å². The maximum Gasteiger partial charge on any atom is 0.343 e. The standard InChI is InChI=1S/C12H18N2O4S/c1-5-17-11(15)8(4)13-10-9(7(3)14-19-10)12(16)18-6-2/h8,13H,5-6H2,1-4H3. The van der Waals surface area contributed by atoms with E-state index in [9.17, 15) is 9.59 Å². The number of carbonyl (C=O) groups excluding carboxylic acids is 2. The highest BCUT2D eigenvalue weighted by Crippen LogP contribution is 2.26. The summed E-state index contributed by atoms with van der Waals surface area (Å²) >= 11 is 1.12. The number of hydrogen-bond acceptors (Lipinski definition) is 7. The van der Waals surface area contributed by atoms with Crippen molar-refractivity contribution in [3.8, 4) is 0 Å². The lowest BCUT2D eigenvalue weighted by Crippen LogP contribution is -2.28. The van der Waals surface area contributed by atoms with Crippen molar-refractivity contribution in [3.63, 3.8) is 0 Å². The number of hydrogen-bond donors (Lipinski definition) is 1. The molecule has 0 amide bonds. The van der Waals surface area contributed by atoms with Gasteiger partial charge in [-0.05, 0) is 39.2 Å². The second kappa shape index (κ2) is 7.08. The highest BCUT2D eigenvalue weighted by Gasteiger charge is 2.23. The molecule has 0 radical (unpaired) electrons. The summed E-state index contributed by atoms with van der Waals surface area (Å²) in [5, 5.41) is 3.46. The molecule has 1 unspecified atom stereocenters. The topological polar surface area (TPSA) is 77.5 Å². The highest BCUT2D eigenvalue weighted by molar-refractivity contribution is 7.10. The fourth-order valence-corrected chi connectivity index (χ4v) is 2.31. The predicted molar refractivity (Wildman–Crippen MR) is 72.5 cm³/mol. The molecule has 0 saturated heterocycles. The van der Waals surface area contributed by atoms with Crippen molar-refractivity contribution in [3.05, 3.63) is 11.3 Å². The minimum Gasteiger partial charge on any atom is -0.464 e. The number of rotatable bonds is 6. The Bertz CT molecular complexity index is 459. The van der Waals surface area contributed by atoms with Crippen LogP contribution in [0.15, 0.2) is 0 Å². The number of nitrogens with one attached hydrogen (secondary N) is 1. The van der Waals surface area contributed by atoms with Gasteiger partial charge < -0.3 is 14.8 Å². The lowest BCUT2D eigenvalue weighted by molar-refractivity contribution is -0.143. The van der Waals surface area contributed by atoms with Crippen LogP contribution >= 0.6 is 11.5 Å². The van der Waals surface area contributed by atoms with Gasteiger partial charge in [-0.25, -0.2) is 9.59 Å². The van der Waals surface area contributed by atoms with Crippen molar-refractivity contribution in [2.45, 2.75) is 33.7 Å². The molecule has 1 aromatic heterocycles. The predicted octanol–water partition coefficient (Wildman–Crippen LogP) is 1.99. The first-order valence-corrected chi connectivity index (χ1v) is 6.85. The average molecular weight is 286 g/mol.